The van der Waals surface area contributed by atoms with E-state index in [4.69, 9.17) is 20.8 Å². The molecule has 0 radical (unpaired) electrons. The van der Waals surface area contributed by atoms with Gasteiger partial charge in [-0.2, -0.15) is 0 Å². The van der Waals surface area contributed by atoms with E-state index in [1.54, 1.807) is 0 Å². The van der Waals surface area contributed by atoms with Crippen LogP contribution < -0.4 is 5.32 Å². The summed E-state index contributed by atoms with van der Waals surface area (Å²) >= 11 is 6.01. The average molecular weight is 294 g/mol. The Labute approximate surface area is 124 Å². The van der Waals surface area contributed by atoms with E-state index >= 15 is 0 Å². The van der Waals surface area contributed by atoms with Crippen molar-refractivity contribution in [2.24, 2.45) is 0 Å². The second-order valence-electron chi connectivity index (χ2n) is 5.38. The third kappa shape index (κ3) is 3.00. The first-order valence-corrected chi connectivity index (χ1v) is 7.62. The lowest BCUT2D eigenvalue weighted by atomic mass is 10.0. The summed E-state index contributed by atoms with van der Waals surface area (Å²) in [6, 6.07) is 8.03. The zero-order valence-corrected chi connectivity index (χ0v) is 12.5. The zero-order valence-electron chi connectivity index (χ0n) is 11.7. The molecule has 1 saturated heterocycles. The van der Waals surface area contributed by atoms with Gasteiger partial charge in [0.1, 0.15) is 11.3 Å². The number of halogens is 1. The highest BCUT2D eigenvalue weighted by Crippen LogP contribution is 2.29. The van der Waals surface area contributed by atoms with Crippen molar-refractivity contribution >= 4 is 22.6 Å². The smallest absolute Gasteiger partial charge is 0.134 e. The molecule has 2 unspecified atom stereocenters. The standard InChI is InChI=1S/C16H20ClNO2/c1-18-14(6-5-13-3-2-8-19-13)16-10-11-9-12(17)4-7-15(11)20-16/h4,7,9-10,13-14,18H,2-3,5-6,8H2,1H3. The van der Waals surface area contributed by atoms with Gasteiger partial charge in [0.05, 0.1) is 12.1 Å². The highest BCUT2D eigenvalue weighted by Gasteiger charge is 2.20. The first-order valence-electron chi connectivity index (χ1n) is 7.24. The van der Waals surface area contributed by atoms with E-state index in [-0.39, 0.29) is 6.04 Å². The van der Waals surface area contributed by atoms with Gasteiger partial charge in [-0.05, 0) is 57.0 Å². The zero-order chi connectivity index (χ0) is 13.9. The lowest BCUT2D eigenvalue weighted by Gasteiger charge is -2.16. The van der Waals surface area contributed by atoms with Gasteiger partial charge in [-0.15, -0.1) is 0 Å². The molecule has 2 atom stereocenters. The fourth-order valence-corrected chi connectivity index (χ4v) is 3.04. The van der Waals surface area contributed by atoms with Gasteiger partial charge >= 0.3 is 0 Å². The lowest BCUT2D eigenvalue weighted by molar-refractivity contribution is 0.0992. The molecule has 1 aromatic heterocycles. The number of hydrogen-bond donors (Lipinski definition) is 1. The molecule has 3 rings (SSSR count). The van der Waals surface area contributed by atoms with E-state index in [9.17, 15) is 0 Å². The van der Waals surface area contributed by atoms with Crippen molar-refractivity contribution in [2.45, 2.75) is 37.8 Å². The first kappa shape index (κ1) is 13.9. The summed E-state index contributed by atoms with van der Waals surface area (Å²) in [5, 5.41) is 5.14. The van der Waals surface area contributed by atoms with Crippen LogP contribution in [0.4, 0.5) is 0 Å². The Hall–Kier alpha value is -1.03. The minimum atomic E-state index is 0.227. The maximum Gasteiger partial charge on any atom is 0.134 e. The largest absolute Gasteiger partial charge is 0.459 e. The Balaban J connectivity index is 1.72. The van der Waals surface area contributed by atoms with Crippen LogP contribution in [0, 0.1) is 0 Å². The number of fused-ring (bicyclic) bond motifs is 1. The topological polar surface area (TPSA) is 34.4 Å². The Morgan fingerprint density at radius 2 is 2.30 bits per heavy atom. The quantitative estimate of drug-likeness (QED) is 0.892. The van der Waals surface area contributed by atoms with Gasteiger partial charge in [-0.1, -0.05) is 11.6 Å². The highest BCUT2D eigenvalue weighted by molar-refractivity contribution is 6.31. The van der Waals surface area contributed by atoms with Crippen LogP contribution in [0.3, 0.4) is 0 Å². The molecule has 108 valence electrons. The fraction of sp³-hybridized carbons (Fsp3) is 0.500. The van der Waals surface area contributed by atoms with E-state index in [2.05, 4.69) is 11.4 Å². The summed E-state index contributed by atoms with van der Waals surface area (Å²) in [6.45, 7) is 0.915. The van der Waals surface area contributed by atoms with E-state index in [0.717, 1.165) is 41.2 Å². The van der Waals surface area contributed by atoms with Crippen LogP contribution in [0.5, 0.6) is 0 Å². The summed E-state index contributed by atoms with van der Waals surface area (Å²) in [4.78, 5) is 0. The van der Waals surface area contributed by atoms with Crippen molar-refractivity contribution < 1.29 is 9.15 Å². The molecular weight excluding hydrogens is 274 g/mol. The molecular formula is C16H20ClNO2. The normalized spacial score (nSPS) is 20.6. The molecule has 1 fully saturated rings. The third-order valence-corrected chi connectivity index (χ3v) is 4.23. The second kappa shape index (κ2) is 6.17. The lowest BCUT2D eigenvalue weighted by Crippen LogP contribution is -2.18. The van der Waals surface area contributed by atoms with Crippen LogP contribution in [-0.2, 0) is 4.74 Å². The Bertz CT molecular complexity index is 575. The molecule has 1 N–H and O–H groups in total. The molecule has 0 amide bonds. The number of benzene rings is 1. The van der Waals surface area contributed by atoms with Crippen LogP contribution in [0.25, 0.3) is 11.0 Å². The summed E-state index contributed by atoms with van der Waals surface area (Å²) in [5.41, 5.74) is 0.891. The SMILES string of the molecule is CNC(CCC1CCCO1)c1cc2cc(Cl)ccc2o1. The number of ether oxygens (including phenoxy) is 1. The van der Waals surface area contributed by atoms with Gasteiger partial charge in [0, 0.05) is 17.0 Å². The van der Waals surface area contributed by atoms with Crippen molar-refractivity contribution in [3.8, 4) is 0 Å². The summed E-state index contributed by atoms with van der Waals surface area (Å²) in [7, 11) is 1.97. The molecule has 2 heterocycles. The Kier molecular flexibility index (Phi) is 4.29. The monoisotopic (exact) mass is 293 g/mol. The molecule has 1 aromatic carbocycles. The predicted molar refractivity (Wildman–Crippen MR) is 81.2 cm³/mol. The fourth-order valence-electron chi connectivity index (χ4n) is 2.86. The molecule has 1 aliphatic rings. The minimum Gasteiger partial charge on any atom is -0.459 e. The minimum absolute atomic E-state index is 0.227. The maximum absolute atomic E-state index is 6.01. The molecule has 0 spiro atoms. The highest BCUT2D eigenvalue weighted by atomic mass is 35.5. The Morgan fingerprint density at radius 1 is 1.40 bits per heavy atom. The van der Waals surface area contributed by atoms with Crippen molar-refractivity contribution in [1.82, 2.24) is 5.32 Å². The van der Waals surface area contributed by atoms with E-state index < -0.39 is 0 Å². The molecule has 4 heteroatoms. The summed E-state index contributed by atoms with van der Waals surface area (Å²) < 4.78 is 11.6. The molecule has 0 bridgehead atoms. The maximum atomic E-state index is 6.01. The third-order valence-electron chi connectivity index (χ3n) is 3.99. The molecule has 1 aliphatic heterocycles. The number of hydrogen-bond acceptors (Lipinski definition) is 3. The van der Waals surface area contributed by atoms with Gasteiger partial charge in [-0.3, -0.25) is 0 Å². The second-order valence-corrected chi connectivity index (χ2v) is 5.82. The van der Waals surface area contributed by atoms with Gasteiger partial charge in [-0.25, -0.2) is 0 Å². The van der Waals surface area contributed by atoms with Crippen molar-refractivity contribution in [2.75, 3.05) is 13.7 Å². The van der Waals surface area contributed by atoms with Crippen LogP contribution in [0.1, 0.15) is 37.5 Å². The van der Waals surface area contributed by atoms with Gasteiger partial charge < -0.3 is 14.5 Å². The van der Waals surface area contributed by atoms with Gasteiger partial charge in [0.2, 0.25) is 0 Å². The molecule has 0 aliphatic carbocycles. The summed E-state index contributed by atoms with van der Waals surface area (Å²) in [5.74, 6) is 0.975. The van der Waals surface area contributed by atoms with Crippen molar-refractivity contribution in [3.05, 3.63) is 35.0 Å². The molecule has 2 aromatic rings. The van der Waals surface area contributed by atoms with Crippen LogP contribution in [-0.4, -0.2) is 19.8 Å². The van der Waals surface area contributed by atoms with Gasteiger partial charge in [0.15, 0.2) is 0 Å². The molecule has 3 nitrogen and oxygen atoms in total. The van der Waals surface area contributed by atoms with Crippen LogP contribution >= 0.6 is 11.6 Å². The predicted octanol–water partition coefficient (Wildman–Crippen LogP) is 4.31. The number of nitrogens with one attached hydrogen (secondary N) is 1. The van der Waals surface area contributed by atoms with Crippen LogP contribution in [0.2, 0.25) is 5.02 Å². The first-order chi connectivity index (χ1) is 9.76. The van der Waals surface area contributed by atoms with Crippen molar-refractivity contribution in [1.29, 1.82) is 0 Å². The number of rotatable bonds is 5. The van der Waals surface area contributed by atoms with E-state index in [0.29, 0.717) is 6.10 Å². The summed E-state index contributed by atoms with van der Waals surface area (Å²) in [6.07, 6.45) is 4.90. The van der Waals surface area contributed by atoms with Crippen LogP contribution in [0.15, 0.2) is 28.7 Å². The van der Waals surface area contributed by atoms with E-state index in [1.807, 2.05) is 25.2 Å². The number of furan rings is 1. The Morgan fingerprint density at radius 3 is 3.05 bits per heavy atom. The molecule has 20 heavy (non-hydrogen) atoms. The molecule has 0 saturated carbocycles. The average Bonchev–Trinajstić information content (AvgIpc) is 3.08. The van der Waals surface area contributed by atoms with Crippen molar-refractivity contribution in [3.63, 3.8) is 0 Å². The van der Waals surface area contributed by atoms with E-state index in [1.165, 1.54) is 12.8 Å². The van der Waals surface area contributed by atoms with Gasteiger partial charge in [0.25, 0.3) is 0 Å².